The number of carbonyl (C=O) groups excluding carboxylic acids is 1. The summed E-state index contributed by atoms with van der Waals surface area (Å²) in [7, 11) is 0. The van der Waals surface area contributed by atoms with Crippen LogP contribution >= 0.6 is 12.4 Å². The Labute approximate surface area is 128 Å². The molecule has 1 saturated heterocycles. The Morgan fingerprint density at radius 3 is 3.05 bits per heavy atom. The molecule has 1 unspecified atom stereocenters. The number of pyridine rings is 1. The zero-order valence-electron chi connectivity index (χ0n) is 11.4. The second kappa shape index (κ2) is 6.69. The predicted octanol–water partition coefficient (Wildman–Crippen LogP) is 0.598. The molecule has 21 heavy (non-hydrogen) atoms. The highest BCUT2D eigenvalue weighted by Gasteiger charge is 2.19. The van der Waals surface area contributed by atoms with Gasteiger partial charge in [-0.1, -0.05) is 6.07 Å². The lowest BCUT2D eigenvalue weighted by Crippen LogP contribution is -2.46. The number of amides is 1. The van der Waals surface area contributed by atoms with Crippen molar-refractivity contribution in [2.45, 2.75) is 18.9 Å². The van der Waals surface area contributed by atoms with Gasteiger partial charge in [-0.3, -0.25) is 14.0 Å². The number of fused-ring (bicyclic) bond motifs is 1. The van der Waals surface area contributed by atoms with Gasteiger partial charge in [0.05, 0.1) is 0 Å². The van der Waals surface area contributed by atoms with Crippen molar-refractivity contribution >= 4 is 24.0 Å². The standard InChI is InChI=1S/C14H16N4O2.ClH/c19-13(17-10-4-3-6-15-8-10)11-9-16-12-5-1-2-7-18(12)14(11)20;/h1-2,5,7,9-10,15H,3-4,6,8H2,(H,17,19);1H. The average molecular weight is 309 g/mol. The van der Waals surface area contributed by atoms with Crippen LogP contribution in [0.5, 0.6) is 0 Å². The summed E-state index contributed by atoms with van der Waals surface area (Å²) in [5.41, 5.74) is 0.282. The maximum atomic E-state index is 12.3. The maximum absolute atomic E-state index is 12.3. The quantitative estimate of drug-likeness (QED) is 0.852. The summed E-state index contributed by atoms with van der Waals surface area (Å²) in [5.74, 6) is -0.352. The van der Waals surface area contributed by atoms with Crippen LogP contribution in [0.4, 0.5) is 0 Å². The molecule has 1 aliphatic rings. The molecular formula is C14H17ClN4O2. The van der Waals surface area contributed by atoms with E-state index in [1.807, 2.05) is 0 Å². The molecule has 2 aromatic rings. The fraction of sp³-hybridized carbons (Fsp3) is 0.357. The number of nitrogens with zero attached hydrogens (tertiary/aromatic N) is 2. The first-order chi connectivity index (χ1) is 9.75. The molecule has 7 heteroatoms. The Bertz CT molecular complexity index is 695. The van der Waals surface area contributed by atoms with Gasteiger partial charge in [0.15, 0.2) is 0 Å². The predicted molar refractivity (Wildman–Crippen MR) is 82.1 cm³/mol. The fourth-order valence-corrected chi connectivity index (χ4v) is 2.42. The summed E-state index contributed by atoms with van der Waals surface area (Å²) < 4.78 is 1.38. The Kier molecular flexibility index (Phi) is 4.93. The van der Waals surface area contributed by atoms with Crippen molar-refractivity contribution in [3.8, 4) is 0 Å². The minimum absolute atomic E-state index is 0. The van der Waals surface area contributed by atoms with Crippen LogP contribution in [0.3, 0.4) is 0 Å². The number of nitrogens with one attached hydrogen (secondary N) is 2. The van der Waals surface area contributed by atoms with Crippen LogP contribution in [0.25, 0.3) is 5.65 Å². The monoisotopic (exact) mass is 308 g/mol. The van der Waals surface area contributed by atoms with Crippen LogP contribution in [-0.4, -0.2) is 34.4 Å². The summed E-state index contributed by atoms with van der Waals surface area (Å²) in [6.07, 6.45) is 4.92. The molecule has 0 aromatic carbocycles. The second-order valence-corrected chi connectivity index (χ2v) is 4.92. The molecule has 112 valence electrons. The van der Waals surface area contributed by atoms with Gasteiger partial charge >= 0.3 is 0 Å². The largest absolute Gasteiger partial charge is 0.348 e. The van der Waals surface area contributed by atoms with E-state index in [1.54, 1.807) is 24.4 Å². The number of piperidine rings is 1. The van der Waals surface area contributed by atoms with E-state index in [2.05, 4.69) is 15.6 Å². The van der Waals surface area contributed by atoms with Crippen molar-refractivity contribution in [1.29, 1.82) is 0 Å². The van der Waals surface area contributed by atoms with Gasteiger partial charge in [-0.2, -0.15) is 0 Å². The first kappa shape index (κ1) is 15.5. The molecule has 0 spiro atoms. The molecule has 0 aliphatic carbocycles. The van der Waals surface area contributed by atoms with Crippen molar-refractivity contribution in [1.82, 2.24) is 20.0 Å². The number of hydrogen-bond acceptors (Lipinski definition) is 4. The maximum Gasteiger partial charge on any atom is 0.270 e. The lowest BCUT2D eigenvalue weighted by Gasteiger charge is -2.23. The molecule has 3 rings (SSSR count). The zero-order valence-corrected chi connectivity index (χ0v) is 12.2. The highest BCUT2D eigenvalue weighted by Crippen LogP contribution is 2.03. The van der Waals surface area contributed by atoms with Crippen LogP contribution in [-0.2, 0) is 0 Å². The molecule has 2 N–H and O–H groups in total. The molecule has 1 atom stereocenters. The van der Waals surface area contributed by atoms with E-state index in [4.69, 9.17) is 0 Å². The van der Waals surface area contributed by atoms with Gasteiger partial charge < -0.3 is 10.6 Å². The topological polar surface area (TPSA) is 75.5 Å². The highest BCUT2D eigenvalue weighted by atomic mass is 35.5. The zero-order chi connectivity index (χ0) is 13.9. The van der Waals surface area contributed by atoms with E-state index in [-0.39, 0.29) is 35.5 Å². The molecule has 0 bridgehead atoms. The number of hydrogen-bond donors (Lipinski definition) is 2. The third kappa shape index (κ3) is 3.22. The van der Waals surface area contributed by atoms with Crippen LogP contribution in [0, 0.1) is 0 Å². The Morgan fingerprint density at radius 1 is 1.43 bits per heavy atom. The lowest BCUT2D eigenvalue weighted by atomic mass is 10.1. The smallest absolute Gasteiger partial charge is 0.270 e. The number of aromatic nitrogens is 2. The lowest BCUT2D eigenvalue weighted by molar-refractivity contribution is 0.0928. The van der Waals surface area contributed by atoms with Crippen LogP contribution in [0.15, 0.2) is 35.4 Å². The molecule has 1 aliphatic heterocycles. The van der Waals surface area contributed by atoms with Crippen molar-refractivity contribution in [3.63, 3.8) is 0 Å². The van der Waals surface area contributed by atoms with Crippen LogP contribution < -0.4 is 16.2 Å². The first-order valence-electron chi connectivity index (χ1n) is 6.74. The number of carbonyl (C=O) groups is 1. The summed E-state index contributed by atoms with van der Waals surface area (Å²) in [6, 6.07) is 5.35. The van der Waals surface area contributed by atoms with Crippen LogP contribution in [0.1, 0.15) is 23.2 Å². The van der Waals surface area contributed by atoms with Gasteiger partial charge in [-0.05, 0) is 31.5 Å². The second-order valence-electron chi connectivity index (χ2n) is 4.92. The van der Waals surface area contributed by atoms with E-state index in [0.29, 0.717) is 5.65 Å². The van der Waals surface area contributed by atoms with Gasteiger partial charge in [0, 0.05) is 25.0 Å². The van der Waals surface area contributed by atoms with Gasteiger partial charge in [0.1, 0.15) is 11.2 Å². The average Bonchev–Trinajstić information content (AvgIpc) is 2.49. The van der Waals surface area contributed by atoms with E-state index < -0.39 is 0 Å². The molecule has 2 aromatic heterocycles. The Morgan fingerprint density at radius 2 is 2.29 bits per heavy atom. The van der Waals surface area contributed by atoms with E-state index in [0.717, 1.165) is 25.9 Å². The van der Waals surface area contributed by atoms with Crippen LogP contribution in [0.2, 0.25) is 0 Å². The van der Waals surface area contributed by atoms with Crippen molar-refractivity contribution < 1.29 is 4.79 Å². The molecule has 0 saturated carbocycles. The third-order valence-corrected chi connectivity index (χ3v) is 3.49. The normalized spacial score (nSPS) is 18.0. The van der Waals surface area contributed by atoms with Gasteiger partial charge in [-0.25, -0.2) is 4.98 Å². The van der Waals surface area contributed by atoms with E-state index in [9.17, 15) is 9.59 Å². The minimum atomic E-state index is -0.352. The van der Waals surface area contributed by atoms with Crippen molar-refractivity contribution in [2.24, 2.45) is 0 Å². The Balaban J connectivity index is 0.00000161. The molecule has 6 nitrogen and oxygen atoms in total. The number of rotatable bonds is 2. The number of halogens is 1. The Hall–Kier alpha value is -1.92. The van der Waals surface area contributed by atoms with Gasteiger partial charge in [0.25, 0.3) is 11.5 Å². The van der Waals surface area contributed by atoms with Gasteiger partial charge in [0.2, 0.25) is 0 Å². The molecule has 3 heterocycles. The SMILES string of the molecule is Cl.O=C(NC1CCCNC1)c1cnc2ccccn2c1=O. The molecule has 0 radical (unpaired) electrons. The highest BCUT2D eigenvalue weighted by molar-refractivity contribution is 5.93. The fourth-order valence-electron chi connectivity index (χ4n) is 2.42. The summed E-state index contributed by atoms with van der Waals surface area (Å²) in [4.78, 5) is 28.6. The van der Waals surface area contributed by atoms with Crippen molar-refractivity contribution in [3.05, 3.63) is 46.5 Å². The first-order valence-corrected chi connectivity index (χ1v) is 6.74. The summed E-state index contributed by atoms with van der Waals surface area (Å²) in [5, 5.41) is 6.11. The summed E-state index contributed by atoms with van der Waals surface area (Å²) >= 11 is 0. The van der Waals surface area contributed by atoms with Gasteiger partial charge in [-0.15, -0.1) is 12.4 Å². The van der Waals surface area contributed by atoms with E-state index >= 15 is 0 Å². The molecule has 1 fully saturated rings. The summed E-state index contributed by atoms with van der Waals surface area (Å²) in [6.45, 7) is 1.72. The van der Waals surface area contributed by atoms with Crippen molar-refractivity contribution in [2.75, 3.05) is 13.1 Å². The molecular weight excluding hydrogens is 292 g/mol. The van der Waals surface area contributed by atoms with E-state index in [1.165, 1.54) is 10.6 Å². The minimum Gasteiger partial charge on any atom is -0.348 e. The third-order valence-electron chi connectivity index (χ3n) is 3.49. The molecule has 1 amide bonds.